The molecule has 0 unspecified atom stereocenters. The lowest BCUT2D eigenvalue weighted by Gasteiger charge is -2.04. The Morgan fingerprint density at radius 2 is 1.91 bits per heavy atom. The minimum atomic E-state index is 0.735. The molecular formula is C17H17N3OS. The maximum Gasteiger partial charge on any atom is 0.191 e. The molecule has 4 nitrogen and oxygen atoms in total. The molecule has 0 amide bonds. The molecule has 112 valence electrons. The number of rotatable bonds is 3. The van der Waals surface area contributed by atoms with Gasteiger partial charge in [0.05, 0.1) is 12.8 Å². The number of thiazole rings is 1. The molecule has 0 fully saturated rings. The molecule has 1 aromatic carbocycles. The van der Waals surface area contributed by atoms with E-state index in [1.807, 2.05) is 44.3 Å². The van der Waals surface area contributed by atoms with Crippen molar-refractivity contribution in [2.75, 3.05) is 7.11 Å². The van der Waals surface area contributed by atoms with E-state index in [9.17, 15) is 0 Å². The summed E-state index contributed by atoms with van der Waals surface area (Å²) in [7, 11) is 3.69. The summed E-state index contributed by atoms with van der Waals surface area (Å²) in [5.41, 5.74) is 3.23. The predicted molar refractivity (Wildman–Crippen MR) is 89.5 cm³/mol. The third kappa shape index (κ3) is 2.94. The Bertz CT molecular complexity index is 847. The van der Waals surface area contributed by atoms with E-state index in [4.69, 9.17) is 4.74 Å². The van der Waals surface area contributed by atoms with Gasteiger partial charge in [0.25, 0.3) is 0 Å². The lowest BCUT2D eigenvalue weighted by atomic mass is 10.1. The highest BCUT2D eigenvalue weighted by molar-refractivity contribution is 7.07. The fourth-order valence-corrected chi connectivity index (χ4v) is 3.10. The Kier molecular flexibility index (Phi) is 4.06. The van der Waals surface area contributed by atoms with E-state index in [2.05, 4.69) is 32.1 Å². The van der Waals surface area contributed by atoms with Gasteiger partial charge in [0.2, 0.25) is 0 Å². The summed E-state index contributed by atoms with van der Waals surface area (Å²) >= 11 is 1.61. The molecule has 0 radical (unpaired) electrons. The quantitative estimate of drug-likeness (QED) is 0.740. The average Bonchev–Trinajstić information content (AvgIpc) is 2.89. The monoisotopic (exact) mass is 311 g/mol. The predicted octanol–water partition coefficient (Wildman–Crippen LogP) is 3.70. The van der Waals surface area contributed by atoms with Gasteiger partial charge in [-0.25, -0.2) is 9.98 Å². The largest absolute Gasteiger partial charge is 0.497 e. The van der Waals surface area contributed by atoms with Crippen molar-refractivity contribution in [2.45, 2.75) is 6.92 Å². The first-order valence-corrected chi connectivity index (χ1v) is 7.82. The highest BCUT2D eigenvalue weighted by Crippen LogP contribution is 2.22. The van der Waals surface area contributed by atoms with Crippen molar-refractivity contribution in [1.29, 1.82) is 0 Å². The summed E-state index contributed by atoms with van der Waals surface area (Å²) in [4.78, 5) is 9.97. The fourth-order valence-electron chi connectivity index (χ4n) is 2.18. The van der Waals surface area contributed by atoms with Crippen molar-refractivity contribution in [3.63, 3.8) is 0 Å². The van der Waals surface area contributed by atoms with Crippen LogP contribution in [-0.4, -0.2) is 16.7 Å². The first-order chi connectivity index (χ1) is 10.7. The zero-order chi connectivity index (χ0) is 15.5. The molecule has 3 aromatic rings. The van der Waals surface area contributed by atoms with Crippen molar-refractivity contribution in [3.05, 3.63) is 58.3 Å². The van der Waals surface area contributed by atoms with Gasteiger partial charge in [-0.3, -0.25) is 0 Å². The SMILES string of the molecule is COc1ccc(-c2cs/c(=N/c3cccc(C)n3)n2C)cc1. The minimum absolute atomic E-state index is 0.735. The van der Waals surface area contributed by atoms with Crippen LogP contribution in [-0.2, 0) is 7.05 Å². The highest BCUT2D eigenvalue weighted by atomic mass is 32.1. The zero-order valence-electron chi connectivity index (χ0n) is 12.8. The molecule has 5 heteroatoms. The van der Waals surface area contributed by atoms with E-state index < -0.39 is 0 Å². The molecule has 0 bridgehead atoms. The van der Waals surface area contributed by atoms with Gasteiger partial charge in [0.15, 0.2) is 10.6 Å². The molecule has 3 rings (SSSR count). The summed E-state index contributed by atoms with van der Waals surface area (Å²) in [6.07, 6.45) is 0. The molecule has 0 saturated heterocycles. The highest BCUT2D eigenvalue weighted by Gasteiger charge is 2.05. The topological polar surface area (TPSA) is 39.4 Å². The van der Waals surface area contributed by atoms with Crippen molar-refractivity contribution in [1.82, 2.24) is 9.55 Å². The second kappa shape index (κ2) is 6.15. The van der Waals surface area contributed by atoms with Gasteiger partial charge in [-0.2, -0.15) is 0 Å². The first kappa shape index (κ1) is 14.5. The van der Waals surface area contributed by atoms with Crippen LogP contribution in [0.3, 0.4) is 0 Å². The lowest BCUT2D eigenvalue weighted by Crippen LogP contribution is -2.11. The molecular weight excluding hydrogens is 294 g/mol. The number of nitrogens with zero attached hydrogens (tertiary/aromatic N) is 3. The Balaban J connectivity index is 2.01. The molecule has 0 spiro atoms. The number of ether oxygens (including phenoxy) is 1. The number of methoxy groups -OCH3 is 1. The fraction of sp³-hybridized carbons (Fsp3) is 0.176. The van der Waals surface area contributed by atoms with Gasteiger partial charge >= 0.3 is 0 Å². The number of hydrogen-bond acceptors (Lipinski definition) is 4. The average molecular weight is 311 g/mol. The van der Waals surface area contributed by atoms with E-state index in [-0.39, 0.29) is 0 Å². The van der Waals surface area contributed by atoms with Gasteiger partial charge in [0, 0.05) is 18.1 Å². The smallest absolute Gasteiger partial charge is 0.191 e. The molecule has 2 heterocycles. The minimum Gasteiger partial charge on any atom is -0.497 e. The molecule has 2 aromatic heterocycles. The van der Waals surface area contributed by atoms with E-state index in [0.29, 0.717) is 0 Å². The maximum atomic E-state index is 5.20. The number of aryl methyl sites for hydroxylation is 1. The van der Waals surface area contributed by atoms with Crippen molar-refractivity contribution < 1.29 is 4.74 Å². The van der Waals surface area contributed by atoms with E-state index >= 15 is 0 Å². The second-order valence-electron chi connectivity index (χ2n) is 4.94. The Morgan fingerprint density at radius 1 is 1.14 bits per heavy atom. The van der Waals surface area contributed by atoms with Crippen LogP contribution in [0.4, 0.5) is 5.82 Å². The standard InChI is InChI=1S/C17H17N3OS/c1-12-5-4-6-16(18-12)19-17-20(2)15(11-22-17)13-7-9-14(21-3)10-8-13/h4-11H,1-3H3/b19-17+. The Morgan fingerprint density at radius 3 is 2.59 bits per heavy atom. The Labute approximate surface area is 133 Å². The number of hydrogen-bond donors (Lipinski definition) is 0. The van der Waals surface area contributed by atoms with Crippen LogP contribution >= 0.6 is 11.3 Å². The van der Waals surface area contributed by atoms with Crippen LogP contribution < -0.4 is 9.54 Å². The number of aromatic nitrogens is 2. The second-order valence-corrected chi connectivity index (χ2v) is 5.78. The van der Waals surface area contributed by atoms with E-state index in [1.165, 1.54) is 0 Å². The number of pyridine rings is 1. The van der Waals surface area contributed by atoms with Crippen molar-refractivity contribution >= 4 is 17.2 Å². The van der Waals surface area contributed by atoms with Crippen molar-refractivity contribution in [3.8, 4) is 17.0 Å². The van der Waals surface area contributed by atoms with E-state index in [1.54, 1.807) is 18.4 Å². The van der Waals surface area contributed by atoms with Gasteiger partial charge in [-0.05, 0) is 48.9 Å². The first-order valence-electron chi connectivity index (χ1n) is 6.95. The molecule has 0 N–H and O–H groups in total. The molecule has 0 saturated carbocycles. The van der Waals surface area contributed by atoms with E-state index in [0.717, 1.165) is 33.3 Å². The van der Waals surface area contributed by atoms with Gasteiger partial charge in [-0.1, -0.05) is 6.07 Å². The van der Waals surface area contributed by atoms with Crippen molar-refractivity contribution in [2.24, 2.45) is 12.0 Å². The normalized spacial score (nSPS) is 11.7. The summed E-state index contributed by atoms with van der Waals surface area (Å²) in [5, 5.41) is 2.11. The van der Waals surface area contributed by atoms with Gasteiger partial charge < -0.3 is 9.30 Å². The van der Waals surface area contributed by atoms with Crippen LogP contribution in [0.5, 0.6) is 5.75 Å². The Hall–Kier alpha value is -2.40. The zero-order valence-corrected chi connectivity index (χ0v) is 13.6. The third-order valence-corrected chi connectivity index (χ3v) is 4.31. The van der Waals surface area contributed by atoms with Crippen LogP contribution in [0.2, 0.25) is 0 Å². The van der Waals surface area contributed by atoms with Gasteiger partial charge in [0.1, 0.15) is 5.75 Å². The summed E-state index contributed by atoms with van der Waals surface area (Å²) < 4.78 is 7.28. The molecule has 22 heavy (non-hydrogen) atoms. The van der Waals surface area contributed by atoms with Crippen LogP contribution in [0, 0.1) is 6.92 Å². The summed E-state index contributed by atoms with van der Waals surface area (Å²) in [6, 6.07) is 13.9. The molecule has 0 aliphatic carbocycles. The third-order valence-electron chi connectivity index (χ3n) is 3.39. The summed E-state index contributed by atoms with van der Waals surface area (Å²) in [6.45, 7) is 1.97. The maximum absolute atomic E-state index is 5.20. The van der Waals surface area contributed by atoms with Crippen LogP contribution in [0.15, 0.2) is 52.8 Å². The molecule has 0 atom stereocenters. The summed E-state index contributed by atoms with van der Waals surface area (Å²) in [5.74, 6) is 1.59. The van der Waals surface area contributed by atoms with Gasteiger partial charge in [-0.15, -0.1) is 11.3 Å². The number of benzene rings is 1. The van der Waals surface area contributed by atoms with Crippen LogP contribution in [0.25, 0.3) is 11.3 Å². The molecule has 0 aliphatic rings. The molecule has 0 aliphatic heterocycles. The van der Waals surface area contributed by atoms with Crippen LogP contribution in [0.1, 0.15) is 5.69 Å². The lowest BCUT2D eigenvalue weighted by molar-refractivity contribution is 0.415.